The number of amides is 1. The van der Waals surface area contributed by atoms with Crippen molar-refractivity contribution in [2.75, 3.05) is 18.9 Å². The Balaban J connectivity index is 1.55. The van der Waals surface area contributed by atoms with Crippen molar-refractivity contribution in [3.05, 3.63) is 29.8 Å². The maximum atomic E-state index is 12.0. The van der Waals surface area contributed by atoms with Crippen molar-refractivity contribution in [2.24, 2.45) is 7.05 Å². The van der Waals surface area contributed by atoms with Crippen LogP contribution in [0.1, 0.15) is 18.4 Å². The minimum Gasteiger partial charge on any atom is -0.376 e. The van der Waals surface area contributed by atoms with E-state index in [0.717, 1.165) is 36.0 Å². The summed E-state index contributed by atoms with van der Waals surface area (Å²) in [5.41, 5.74) is 2.21. The highest BCUT2D eigenvalue weighted by molar-refractivity contribution is 7.99. The lowest BCUT2D eigenvalue weighted by atomic mass is 10.1. The van der Waals surface area contributed by atoms with E-state index in [0.29, 0.717) is 12.3 Å². The van der Waals surface area contributed by atoms with E-state index in [1.54, 1.807) is 0 Å². The van der Waals surface area contributed by atoms with Gasteiger partial charge in [0.15, 0.2) is 11.0 Å². The van der Waals surface area contributed by atoms with E-state index in [1.165, 1.54) is 17.3 Å². The lowest BCUT2D eigenvalue weighted by Gasteiger charge is -2.10. The third-order valence-electron chi connectivity index (χ3n) is 3.99. The number of thioether (sulfide) groups is 1. The van der Waals surface area contributed by atoms with E-state index >= 15 is 0 Å². The predicted molar refractivity (Wildman–Crippen MR) is 93.9 cm³/mol. The molecule has 1 N–H and O–H groups in total. The van der Waals surface area contributed by atoms with Gasteiger partial charge in [-0.2, -0.15) is 0 Å². The molecule has 1 saturated heterocycles. The molecule has 1 aromatic heterocycles. The fraction of sp³-hybridized carbons (Fsp3) is 0.471. The van der Waals surface area contributed by atoms with Gasteiger partial charge >= 0.3 is 0 Å². The van der Waals surface area contributed by atoms with Crippen LogP contribution in [-0.2, 0) is 16.6 Å². The number of nitrogens with one attached hydrogen (secondary N) is 1. The molecule has 128 valence electrons. The van der Waals surface area contributed by atoms with Gasteiger partial charge < -0.3 is 14.6 Å². The number of hydrogen-bond donors (Lipinski definition) is 1. The highest BCUT2D eigenvalue weighted by atomic mass is 32.2. The summed E-state index contributed by atoms with van der Waals surface area (Å²) in [6.45, 7) is 3.44. The SMILES string of the molecule is Cc1cccc(-c2nnc(SCC(=O)NC[C@H]3CCCO3)n2C)c1. The molecular weight excluding hydrogens is 324 g/mol. The molecule has 1 fully saturated rings. The summed E-state index contributed by atoms with van der Waals surface area (Å²) in [6, 6.07) is 8.14. The van der Waals surface area contributed by atoms with E-state index in [1.807, 2.05) is 36.7 Å². The van der Waals surface area contributed by atoms with Crippen molar-refractivity contribution in [3.8, 4) is 11.4 Å². The highest BCUT2D eigenvalue weighted by Crippen LogP contribution is 2.23. The maximum absolute atomic E-state index is 12.0. The number of benzene rings is 1. The number of hydrogen-bond acceptors (Lipinski definition) is 5. The third kappa shape index (κ3) is 4.15. The molecule has 1 aromatic carbocycles. The molecule has 0 aliphatic carbocycles. The molecule has 1 atom stereocenters. The topological polar surface area (TPSA) is 69.0 Å². The van der Waals surface area contributed by atoms with Crippen molar-refractivity contribution in [2.45, 2.75) is 31.0 Å². The van der Waals surface area contributed by atoms with E-state index in [9.17, 15) is 4.79 Å². The monoisotopic (exact) mass is 346 g/mol. The summed E-state index contributed by atoms with van der Waals surface area (Å²) in [5.74, 6) is 1.13. The number of ether oxygens (including phenoxy) is 1. The van der Waals surface area contributed by atoms with E-state index in [2.05, 4.69) is 21.6 Å². The summed E-state index contributed by atoms with van der Waals surface area (Å²) in [6.07, 6.45) is 2.27. The Morgan fingerprint density at radius 1 is 1.46 bits per heavy atom. The lowest BCUT2D eigenvalue weighted by Crippen LogP contribution is -2.32. The van der Waals surface area contributed by atoms with Crippen LogP contribution in [0.2, 0.25) is 0 Å². The van der Waals surface area contributed by atoms with Crippen LogP contribution in [0.4, 0.5) is 0 Å². The Bertz CT molecular complexity index is 710. The first-order chi connectivity index (χ1) is 11.6. The summed E-state index contributed by atoms with van der Waals surface area (Å²) in [7, 11) is 1.92. The van der Waals surface area contributed by atoms with E-state index < -0.39 is 0 Å². The number of nitrogens with zero attached hydrogens (tertiary/aromatic N) is 3. The highest BCUT2D eigenvalue weighted by Gasteiger charge is 2.17. The minimum absolute atomic E-state index is 0.00407. The molecule has 3 rings (SSSR count). The van der Waals surface area contributed by atoms with Crippen LogP contribution in [0.25, 0.3) is 11.4 Å². The van der Waals surface area contributed by atoms with E-state index in [4.69, 9.17) is 4.74 Å². The van der Waals surface area contributed by atoms with Crippen molar-refractivity contribution >= 4 is 17.7 Å². The molecule has 7 heteroatoms. The normalized spacial score (nSPS) is 17.2. The molecule has 1 aliphatic heterocycles. The van der Waals surface area contributed by atoms with Gasteiger partial charge in [-0.15, -0.1) is 10.2 Å². The van der Waals surface area contributed by atoms with Gasteiger partial charge in [-0.05, 0) is 25.8 Å². The third-order valence-corrected chi connectivity index (χ3v) is 5.01. The Labute approximate surface area is 146 Å². The first kappa shape index (κ1) is 17.0. The largest absolute Gasteiger partial charge is 0.376 e. The summed E-state index contributed by atoms with van der Waals surface area (Å²) < 4.78 is 7.42. The molecule has 0 unspecified atom stereocenters. The molecule has 1 aliphatic rings. The van der Waals surface area contributed by atoms with Crippen LogP contribution < -0.4 is 5.32 Å². The number of aryl methyl sites for hydroxylation is 1. The number of carbonyl (C=O) groups is 1. The van der Waals surface area contributed by atoms with Crippen LogP contribution in [0.3, 0.4) is 0 Å². The lowest BCUT2D eigenvalue weighted by molar-refractivity contribution is -0.119. The Morgan fingerprint density at radius 2 is 2.33 bits per heavy atom. The molecule has 2 heterocycles. The Kier molecular flexibility index (Phi) is 5.52. The van der Waals surface area contributed by atoms with E-state index in [-0.39, 0.29) is 12.0 Å². The zero-order valence-electron chi connectivity index (χ0n) is 14.0. The zero-order valence-corrected chi connectivity index (χ0v) is 14.8. The molecule has 6 nitrogen and oxygen atoms in total. The fourth-order valence-electron chi connectivity index (χ4n) is 2.69. The summed E-state index contributed by atoms with van der Waals surface area (Å²) in [5, 5.41) is 12.1. The Morgan fingerprint density at radius 3 is 3.08 bits per heavy atom. The standard InChI is InChI=1S/C17H22N4O2S/c1-12-5-3-6-13(9-12)16-19-20-17(21(16)2)24-11-15(22)18-10-14-7-4-8-23-14/h3,5-6,9,14H,4,7-8,10-11H2,1-2H3,(H,18,22)/t14-/m1/s1. The maximum Gasteiger partial charge on any atom is 0.230 e. The van der Waals surface area contributed by atoms with Gasteiger partial charge in [-0.1, -0.05) is 35.5 Å². The molecule has 1 amide bonds. The van der Waals surface area contributed by atoms with Crippen LogP contribution >= 0.6 is 11.8 Å². The van der Waals surface area contributed by atoms with Crippen molar-refractivity contribution in [1.29, 1.82) is 0 Å². The van der Waals surface area contributed by atoms with Gasteiger partial charge in [0.25, 0.3) is 0 Å². The fourth-order valence-corrected chi connectivity index (χ4v) is 3.43. The summed E-state index contributed by atoms with van der Waals surface area (Å²) >= 11 is 1.39. The van der Waals surface area contributed by atoms with Crippen molar-refractivity contribution in [3.63, 3.8) is 0 Å². The van der Waals surface area contributed by atoms with Crippen LogP contribution in [0, 0.1) is 6.92 Å². The smallest absolute Gasteiger partial charge is 0.230 e. The van der Waals surface area contributed by atoms with Crippen LogP contribution in [-0.4, -0.2) is 45.7 Å². The first-order valence-electron chi connectivity index (χ1n) is 8.11. The molecule has 0 saturated carbocycles. The van der Waals surface area contributed by atoms with Crippen LogP contribution in [0.15, 0.2) is 29.4 Å². The number of rotatable bonds is 6. The molecular formula is C17H22N4O2S. The second-order valence-electron chi connectivity index (χ2n) is 5.96. The first-order valence-corrected chi connectivity index (χ1v) is 9.09. The number of aromatic nitrogens is 3. The van der Waals surface area contributed by atoms with Gasteiger partial charge in [0.2, 0.25) is 5.91 Å². The number of carbonyl (C=O) groups excluding carboxylic acids is 1. The predicted octanol–water partition coefficient (Wildman–Crippen LogP) is 2.18. The van der Waals surface area contributed by atoms with Crippen LogP contribution in [0.5, 0.6) is 0 Å². The molecule has 2 aromatic rings. The second-order valence-corrected chi connectivity index (χ2v) is 6.90. The van der Waals surface area contributed by atoms with Gasteiger partial charge in [0.05, 0.1) is 11.9 Å². The Hall–Kier alpha value is -1.86. The zero-order chi connectivity index (χ0) is 16.9. The van der Waals surface area contributed by atoms with Gasteiger partial charge in [-0.3, -0.25) is 4.79 Å². The van der Waals surface area contributed by atoms with Gasteiger partial charge in [-0.25, -0.2) is 0 Å². The minimum atomic E-state index is -0.00407. The average Bonchev–Trinajstić information content (AvgIpc) is 3.21. The van der Waals surface area contributed by atoms with Gasteiger partial charge in [0, 0.05) is 25.8 Å². The second kappa shape index (κ2) is 7.81. The van der Waals surface area contributed by atoms with Crippen molar-refractivity contribution < 1.29 is 9.53 Å². The van der Waals surface area contributed by atoms with Crippen molar-refractivity contribution in [1.82, 2.24) is 20.1 Å². The molecule has 24 heavy (non-hydrogen) atoms. The molecule has 0 radical (unpaired) electrons. The average molecular weight is 346 g/mol. The molecule has 0 bridgehead atoms. The molecule has 0 spiro atoms. The summed E-state index contributed by atoms with van der Waals surface area (Å²) in [4.78, 5) is 12.0. The quantitative estimate of drug-likeness (QED) is 0.812. The van der Waals surface area contributed by atoms with Gasteiger partial charge in [0.1, 0.15) is 0 Å².